The summed E-state index contributed by atoms with van der Waals surface area (Å²) in [6.45, 7) is 3.69. The van der Waals surface area contributed by atoms with Gasteiger partial charge in [-0.25, -0.2) is 0 Å². The van der Waals surface area contributed by atoms with Gasteiger partial charge in [-0.05, 0) is 31.5 Å². The molecule has 1 aromatic rings. The van der Waals surface area contributed by atoms with Crippen molar-refractivity contribution in [1.82, 2.24) is 10.2 Å². The lowest BCUT2D eigenvalue weighted by Gasteiger charge is -2.34. The van der Waals surface area contributed by atoms with E-state index >= 15 is 0 Å². The van der Waals surface area contributed by atoms with E-state index in [0.717, 1.165) is 13.0 Å². The van der Waals surface area contributed by atoms with Gasteiger partial charge in [-0.1, -0.05) is 24.3 Å². The number of likely N-dealkylation sites (N-methyl/N-ethyl adjacent to an activating group) is 1. The number of nitrogens with one attached hydrogen (secondary N) is 1. The van der Waals surface area contributed by atoms with Crippen LogP contribution in [-0.4, -0.2) is 30.9 Å². The van der Waals surface area contributed by atoms with E-state index in [9.17, 15) is 4.79 Å². The van der Waals surface area contributed by atoms with E-state index < -0.39 is 0 Å². The van der Waals surface area contributed by atoms with Crippen LogP contribution in [0.3, 0.4) is 0 Å². The molecule has 1 amide bonds. The van der Waals surface area contributed by atoms with Gasteiger partial charge in [0.2, 0.25) is 5.91 Å². The first-order valence-electron chi connectivity index (χ1n) is 6.27. The van der Waals surface area contributed by atoms with Gasteiger partial charge in [0.1, 0.15) is 0 Å². The molecule has 1 N–H and O–H groups in total. The van der Waals surface area contributed by atoms with Crippen LogP contribution in [0.15, 0.2) is 24.3 Å². The van der Waals surface area contributed by atoms with Gasteiger partial charge in [-0.2, -0.15) is 0 Å². The van der Waals surface area contributed by atoms with Crippen molar-refractivity contribution in [2.24, 2.45) is 0 Å². The Morgan fingerprint density at radius 2 is 2.24 bits per heavy atom. The molecule has 3 nitrogen and oxygen atoms in total. The minimum absolute atomic E-state index is 0.140. The molecular weight excluding hydrogens is 212 g/mol. The first kappa shape index (κ1) is 12.1. The molecule has 0 fully saturated rings. The second-order valence-electron chi connectivity index (χ2n) is 4.60. The van der Waals surface area contributed by atoms with Crippen molar-refractivity contribution < 1.29 is 4.79 Å². The second-order valence-corrected chi connectivity index (χ2v) is 4.60. The van der Waals surface area contributed by atoms with E-state index in [4.69, 9.17) is 0 Å². The van der Waals surface area contributed by atoms with Crippen molar-refractivity contribution in [2.45, 2.75) is 25.8 Å². The number of hydrogen-bond donors (Lipinski definition) is 1. The summed E-state index contributed by atoms with van der Waals surface area (Å²) in [6, 6.07) is 8.68. The van der Waals surface area contributed by atoms with Crippen molar-refractivity contribution >= 4 is 5.91 Å². The van der Waals surface area contributed by atoms with Gasteiger partial charge in [0.15, 0.2) is 0 Å². The molecule has 0 saturated heterocycles. The number of carbonyl (C=O) groups is 1. The molecular formula is C14H20N2O. The van der Waals surface area contributed by atoms with Crippen molar-refractivity contribution in [3.63, 3.8) is 0 Å². The third-order valence-corrected chi connectivity index (χ3v) is 3.43. The van der Waals surface area contributed by atoms with E-state index in [1.54, 1.807) is 0 Å². The lowest BCUT2D eigenvalue weighted by Crippen LogP contribution is -2.36. The summed E-state index contributed by atoms with van der Waals surface area (Å²) in [7, 11) is 2.10. The Hall–Kier alpha value is -1.35. The molecule has 1 aliphatic heterocycles. The fraction of sp³-hybridized carbons (Fsp3) is 0.500. The summed E-state index contributed by atoms with van der Waals surface area (Å²) in [5.74, 6) is 0.140. The maximum atomic E-state index is 11.7. The van der Waals surface area contributed by atoms with Crippen LogP contribution in [0.4, 0.5) is 0 Å². The van der Waals surface area contributed by atoms with Gasteiger partial charge in [0.25, 0.3) is 0 Å². The van der Waals surface area contributed by atoms with E-state index in [1.807, 2.05) is 6.92 Å². The molecule has 2 rings (SSSR count). The smallest absolute Gasteiger partial charge is 0.221 e. The van der Waals surface area contributed by atoms with Gasteiger partial charge in [-0.15, -0.1) is 0 Å². The van der Waals surface area contributed by atoms with Crippen LogP contribution in [0.25, 0.3) is 0 Å². The number of hydrogen-bond acceptors (Lipinski definition) is 2. The van der Waals surface area contributed by atoms with E-state index in [1.165, 1.54) is 11.1 Å². The molecule has 0 aliphatic carbocycles. The number of rotatable bonds is 3. The molecule has 17 heavy (non-hydrogen) atoms. The Labute approximate surface area is 103 Å². The third kappa shape index (κ3) is 2.67. The van der Waals surface area contributed by atoms with Crippen LogP contribution < -0.4 is 5.32 Å². The molecule has 3 heteroatoms. The number of amides is 1. The number of benzene rings is 1. The molecule has 0 spiro atoms. The van der Waals surface area contributed by atoms with Gasteiger partial charge in [0.05, 0.1) is 0 Å². The minimum atomic E-state index is 0.140. The topological polar surface area (TPSA) is 32.3 Å². The summed E-state index contributed by atoms with van der Waals surface area (Å²) in [5.41, 5.74) is 2.70. The predicted octanol–water partition coefficient (Wildman–Crippen LogP) is 1.74. The summed E-state index contributed by atoms with van der Waals surface area (Å²) in [4.78, 5) is 14.0. The SMILES string of the molecule is CCNC(=O)C[C@H]1c2ccccc2CCN1C. The van der Waals surface area contributed by atoms with Crippen LogP contribution in [0.1, 0.15) is 30.5 Å². The lowest BCUT2D eigenvalue weighted by atomic mass is 9.91. The maximum absolute atomic E-state index is 11.7. The first-order valence-corrected chi connectivity index (χ1v) is 6.27. The summed E-state index contributed by atoms with van der Waals surface area (Å²) in [5, 5.41) is 2.88. The molecule has 0 bridgehead atoms. The van der Waals surface area contributed by atoms with Crippen molar-refractivity contribution in [1.29, 1.82) is 0 Å². The normalized spacial score (nSPS) is 19.8. The highest BCUT2D eigenvalue weighted by molar-refractivity contribution is 5.76. The number of carbonyl (C=O) groups excluding carboxylic acids is 1. The van der Waals surface area contributed by atoms with Gasteiger partial charge >= 0.3 is 0 Å². The van der Waals surface area contributed by atoms with Crippen LogP contribution in [0, 0.1) is 0 Å². The Morgan fingerprint density at radius 1 is 1.47 bits per heavy atom. The molecule has 92 valence electrons. The molecule has 0 unspecified atom stereocenters. The summed E-state index contributed by atoms with van der Waals surface area (Å²) >= 11 is 0. The van der Waals surface area contributed by atoms with Crippen molar-refractivity contribution in [3.05, 3.63) is 35.4 Å². The average Bonchev–Trinajstić information content (AvgIpc) is 2.33. The maximum Gasteiger partial charge on any atom is 0.221 e. The summed E-state index contributed by atoms with van der Waals surface area (Å²) in [6.07, 6.45) is 1.64. The highest BCUT2D eigenvalue weighted by Crippen LogP contribution is 2.30. The Bertz CT molecular complexity index is 403. The van der Waals surface area contributed by atoms with E-state index in [2.05, 4.69) is 41.5 Å². The van der Waals surface area contributed by atoms with Gasteiger partial charge in [0, 0.05) is 25.6 Å². The van der Waals surface area contributed by atoms with Crippen LogP contribution in [-0.2, 0) is 11.2 Å². The third-order valence-electron chi connectivity index (χ3n) is 3.43. The summed E-state index contributed by atoms with van der Waals surface area (Å²) < 4.78 is 0. The highest BCUT2D eigenvalue weighted by atomic mass is 16.1. The highest BCUT2D eigenvalue weighted by Gasteiger charge is 2.26. The number of nitrogens with zero attached hydrogens (tertiary/aromatic N) is 1. The zero-order chi connectivity index (χ0) is 12.3. The Balaban J connectivity index is 2.18. The standard InChI is InChI=1S/C14H20N2O/c1-3-15-14(17)10-13-12-7-5-4-6-11(12)8-9-16(13)2/h4-7,13H,3,8-10H2,1-2H3,(H,15,17)/t13-/m0/s1. The van der Waals surface area contributed by atoms with Crippen LogP contribution in [0.2, 0.25) is 0 Å². The van der Waals surface area contributed by atoms with Gasteiger partial charge in [-0.3, -0.25) is 9.69 Å². The quantitative estimate of drug-likeness (QED) is 0.861. The zero-order valence-corrected chi connectivity index (χ0v) is 10.6. The second kappa shape index (κ2) is 5.32. The first-order chi connectivity index (χ1) is 8.22. The molecule has 1 atom stereocenters. The largest absolute Gasteiger partial charge is 0.356 e. The predicted molar refractivity (Wildman–Crippen MR) is 68.8 cm³/mol. The molecule has 0 radical (unpaired) electrons. The molecule has 0 aromatic heterocycles. The van der Waals surface area contributed by atoms with E-state index in [0.29, 0.717) is 13.0 Å². The Morgan fingerprint density at radius 3 is 3.00 bits per heavy atom. The number of fused-ring (bicyclic) bond motifs is 1. The average molecular weight is 232 g/mol. The minimum Gasteiger partial charge on any atom is -0.356 e. The van der Waals surface area contributed by atoms with E-state index in [-0.39, 0.29) is 11.9 Å². The van der Waals surface area contributed by atoms with Crippen molar-refractivity contribution in [2.75, 3.05) is 20.1 Å². The molecule has 1 aromatic carbocycles. The zero-order valence-electron chi connectivity index (χ0n) is 10.6. The molecule has 0 saturated carbocycles. The fourth-order valence-electron chi connectivity index (χ4n) is 2.49. The van der Waals surface area contributed by atoms with Crippen LogP contribution >= 0.6 is 0 Å². The Kier molecular flexibility index (Phi) is 3.79. The molecule has 1 aliphatic rings. The fourth-order valence-corrected chi connectivity index (χ4v) is 2.49. The van der Waals surface area contributed by atoms with Crippen molar-refractivity contribution in [3.8, 4) is 0 Å². The monoisotopic (exact) mass is 232 g/mol. The lowest BCUT2D eigenvalue weighted by molar-refractivity contribution is -0.122. The van der Waals surface area contributed by atoms with Crippen LogP contribution in [0.5, 0.6) is 0 Å². The molecule has 1 heterocycles. The van der Waals surface area contributed by atoms with Gasteiger partial charge < -0.3 is 5.32 Å².